The van der Waals surface area contributed by atoms with Crippen LogP contribution in [0.5, 0.6) is 5.75 Å². The van der Waals surface area contributed by atoms with Gasteiger partial charge in [-0.15, -0.1) is 0 Å². The van der Waals surface area contributed by atoms with Gasteiger partial charge in [-0.25, -0.2) is 0 Å². The highest BCUT2D eigenvalue weighted by Crippen LogP contribution is 2.35. The summed E-state index contributed by atoms with van der Waals surface area (Å²) < 4.78 is 5.34. The lowest BCUT2D eigenvalue weighted by atomic mass is 10.1. The number of nitrogens with zero attached hydrogens (tertiary/aromatic N) is 3. The van der Waals surface area contributed by atoms with Crippen molar-refractivity contribution < 1.29 is 4.74 Å². The van der Waals surface area contributed by atoms with Crippen molar-refractivity contribution in [2.75, 3.05) is 12.0 Å². The number of anilines is 3. The van der Waals surface area contributed by atoms with Crippen LogP contribution in [0.2, 0.25) is 0 Å². The Morgan fingerprint density at radius 2 is 1.19 bits per heavy atom. The van der Waals surface area contributed by atoms with E-state index >= 15 is 0 Å². The Labute approximate surface area is 212 Å². The molecule has 0 saturated heterocycles. The van der Waals surface area contributed by atoms with Gasteiger partial charge in [0.15, 0.2) is 0 Å². The summed E-state index contributed by atoms with van der Waals surface area (Å²) in [5, 5.41) is 0. The predicted octanol–water partition coefficient (Wildman–Crippen LogP) is 8.10. The molecule has 0 unspecified atom stereocenters. The van der Waals surface area contributed by atoms with Crippen LogP contribution in [0.25, 0.3) is 23.5 Å². The van der Waals surface area contributed by atoms with E-state index in [0.29, 0.717) is 0 Å². The number of hydrogen-bond donors (Lipinski definition) is 0. The number of aryl methyl sites for hydroxylation is 1. The molecule has 0 aliphatic heterocycles. The lowest BCUT2D eigenvalue weighted by molar-refractivity contribution is 0.415. The first-order valence-electron chi connectivity index (χ1n) is 11.9. The Kier molecular flexibility index (Phi) is 6.86. The number of benzene rings is 3. The van der Waals surface area contributed by atoms with Gasteiger partial charge in [0.25, 0.3) is 0 Å². The van der Waals surface area contributed by atoms with Crippen LogP contribution in [0.1, 0.15) is 16.7 Å². The summed E-state index contributed by atoms with van der Waals surface area (Å²) in [6.45, 7) is 2.06. The smallest absolute Gasteiger partial charge is 0.119 e. The molecule has 0 bridgehead atoms. The highest BCUT2D eigenvalue weighted by Gasteiger charge is 2.12. The molecule has 0 aliphatic rings. The van der Waals surface area contributed by atoms with E-state index < -0.39 is 0 Å². The van der Waals surface area contributed by atoms with Crippen LogP contribution in [0.15, 0.2) is 116 Å². The molecule has 3 aromatic carbocycles. The fraction of sp³-hybridized carbons (Fsp3) is 0.0625. The number of rotatable bonds is 7. The second kappa shape index (κ2) is 10.7. The molecule has 2 aromatic heterocycles. The van der Waals surface area contributed by atoms with Crippen molar-refractivity contribution in [3.8, 4) is 17.1 Å². The van der Waals surface area contributed by atoms with Crippen molar-refractivity contribution in [3.63, 3.8) is 0 Å². The van der Waals surface area contributed by atoms with E-state index in [1.807, 2.05) is 42.7 Å². The monoisotopic (exact) mass is 469 g/mol. The normalized spacial score (nSPS) is 10.9. The average Bonchev–Trinajstić information content (AvgIpc) is 2.94. The van der Waals surface area contributed by atoms with E-state index in [2.05, 4.69) is 107 Å². The number of methoxy groups -OCH3 is 1. The predicted molar refractivity (Wildman–Crippen MR) is 149 cm³/mol. The van der Waals surface area contributed by atoms with E-state index in [4.69, 9.17) is 4.74 Å². The second-order valence-corrected chi connectivity index (χ2v) is 8.49. The molecule has 4 heteroatoms. The largest absolute Gasteiger partial charge is 0.497 e. The minimum atomic E-state index is 0.838. The summed E-state index contributed by atoms with van der Waals surface area (Å²) in [5.74, 6) is 0.838. The first-order chi connectivity index (χ1) is 17.7. The Morgan fingerprint density at radius 3 is 1.86 bits per heavy atom. The summed E-state index contributed by atoms with van der Waals surface area (Å²) >= 11 is 0. The van der Waals surface area contributed by atoms with Gasteiger partial charge in [-0.1, -0.05) is 42.5 Å². The molecule has 5 rings (SSSR count). The van der Waals surface area contributed by atoms with Crippen LogP contribution < -0.4 is 9.64 Å². The molecule has 176 valence electrons. The molecule has 2 heterocycles. The molecule has 0 saturated carbocycles. The zero-order chi connectivity index (χ0) is 24.7. The van der Waals surface area contributed by atoms with Gasteiger partial charge in [-0.2, -0.15) is 0 Å². The lowest BCUT2D eigenvalue weighted by Gasteiger charge is -2.25. The van der Waals surface area contributed by atoms with Gasteiger partial charge in [-0.05, 0) is 96.4 Å². The highest BCUT2D eigenvalue weighted by molar-refractivity contribution is 5.78. The van der Waals surface area contributed by atoms with Crippen molar-refractivity contribution in [2.45, 2.75) is 6.92 Å². The maximum absolute atomic E-state index is 5.34. The minimum Gasteiger partial charge on any atom is -0.497 e. The Hall–Kier alpha value is -4.70. The minimum absolute atomic E-state index is 0.838. The Balaban J connectivity index is 1.40. The highest BCUT2D eigenvalue weighted by atomic mass is 16.5. The standard InChI is InChI=1S/C32H27N3O/c1-24-18-20-33-31(22-24)32-23-26(19-21-34-32)9-8-25-10-12-28(13-11-25)35(27-6-4-3-5-7-27)29-14-16-30(36-2)17-15-29/h3-23H,1-2H3/b9-8+. The third-order valence-corrected chi connectivity index (χ3v) is 5.93. The molecule has 0 fully saturated rings. The molecule has 5 aromatic rings. The van der Waals surface area contributed by atoms with Crippen molar-refractivity contribution >= 4 is 29.2 Å². The van der Waals surface area contributed by atoms with Gasteiger partial charge in [-0.3, -0.25) is 9.97 Å². The first-order valence-corrected chi connectivity index (χ1v) is 11.9. The maximum Gasteiger partial charge on any atom is 0.119 e. The van der Waals surface area contributed by atoms with Gasteiger partial charge >= 0.3 is 0 Å². The van der Waals surface area contributed by atoms with Crippen molar-refractivity contribution in [3.05, 3.63) is 132 Å². The van der Waals surface area contributed by atoms with E-state index in [9.17, 15) is 0 Å². The van der Waals surface area contributed by atoms with E-state index in [1.54, 1.807) is 7.11 Å². The molecule has 0 amide bonds. The van der Waals surface area contributed by atoms with Crippen molar-refractivity contribution in [2.24, 2.45) is 0 Å². The molecule has 0 spiro atoms. The van der Waals surface area contributed by atoms with Crippen LogP contribution >= 0.6 is 0 Å². The number of para-hydroxylation sites is 1. The number of ether oxygens (including phenoxy) is 1. The topological polar surface area (TPSA) is 38.2 Å². The SMILES string of the molecule is COc1ccc(N(c2ccccc2)c2ccc(/C=C/c3ccnc(-c4cc(C)ccn4)c3)cc2)cc1. The van der Waals surface area contributed by atoms with Crippen LogP contribution in [0.3, 0.4) is 0 Å². The summed E-state index contributed by atoms with van der Waals surface area (Å²) in [7, 11) is 1.68. The van der Waals surface area contributed by atoms with Crippen LogP contribution in [-0.2, 0) is 0 Å². The number of aromatic nitrogens is 2. The molecule has 36 heavy (non-hydrogen) atoms. The molecule has 0 aliphatic carbocycles. The summed E-state index contributed by atoms with van der Waals surface area (Å²) in [6.07, 6.45) is 7.87. The van der Waals surface area contributed by atoms with Gasteiger partial charge < -0.3 is 9.64 Å². The Bertz CT molecular complexity index is 1460. The molecule has 0 N–H and O–H groups in total. The Morgan fingerprint density at radius 1 is 0.611 bits per heavy atom. The van der Waals surface area contributed by atoms with E-state index in [1.165, 1.54) is 5.56 Å². The van der Waals surface area contributed by atoms with Gasteiger partial charge in [0.05, 0.1) is 18.5 Å². The van der Waals surface area contributed by atoms with Crippen LogP contribution in [0.4, 0.5) is 17.1 Å². The average molecular weight is 470 g/mol. The summed E-state index contributed by atoms with van der Waals surface area (Å²) in [4.78, 5) is 11.2. The zero-order valence-corrected chi connectivity index (χ0v) is 20.4. The van der Waals surface area contributed by atoms with Crippen molar-refractivity contribution in [1.29, 1.82) is 0 Å². The van der Waals surface area contributed by atoms with Gasteiger partial charge in [0.2, 0.25) is 0 Å². The fourth-order valence-corrected chi connectivity index (χ4v) is 4.05. The van der Waals surface area contributed by atoms with Gasteiger partial charge in [0, 0.05) is 29.5 Å². The van der Waals surface area contributed by atoms with Crippen LogP contribution in [-0.4, -0.2) is 17.1 Å². The van der Waals surface area contributed by atoms with Gasteiger partial charge in [0.1, 0.15) is 5.75 Å². The number of hydrogen-bond acceptors (Lipinski definition) is 4. The molecular weight excluding hydrogens is 442 g/mol. The zero-order valence-electron chi connectivity index (χ0n) is 20.4. The first kappa shape index (κ1) is 23.1. The van der Waals surface area contributed by atoms with Crippen molar-refractivity contribution in [1.82, 2.24) is 9.97 Å². The van der Waals surface area contributed by atoms with E-state index in [0.717, 1.165) is 45.3 Å². The second-order valence-electron chi connectivity index (χ2n) is 8.49. The third kappa shape index (κ3) is 5.34. The lowest BCUT2D eigenvalue weighted by Crippen LogP contribution is -2.09. The molecule has 0 atom stereocenters. The van der Waals surface area contributed by atoms with E-state index in [-0.39, 0.29) is 0 Å². The maximum atomic E-state index is 5.34. The van der Waals surface area contributed by atoms with Crippen LogP contribution in [0, 0.1) is 6.92 Å². The fourth-order valence-electron chi connectivity index (χ4n) is 4.05. The third-order valence-electron chi connectivity index (χ3n) is 5.93. The number of pyridine rings is 2. The molecular formula is C32H27N3O. The summed E-state index contributed by atoms with van der Waals surface area (Å²) in [6, 6.07) is 35.1. The summed E-state index contributed by atoms with van der Waals surface area (Å²) in [5.41, 5.74) is 8.37. The molecule has 4 nitrogen and oxygen atoms in total. The quantitative estimate of drug-likeness (QED) is 0.241. The molecule has 0 radical (unpaired) electrons.